The Kier molecular flexibility index (Phi) is 13.3. The number of unbranched alkanes of at least 4 members (excludes halogenated alkanes) is 4. The van der Waals surface area contributed by atoms with E-state index >= 15 is 0 Å². The average molecular weight is 761 g/mol. The molecule has 7 rings (SSSR count). The predicted octanol–water partition coefficient (Wildman–Crippen LogP) is 16.5. The molecule has 294 valence electrons. The highest BCUT2D eigenvalue weighted by Crippen LogP contribution is 2.37. The van der Waals surface area contributed by atoms with Crippen LogP contribution in [0.25, 0.3) is 44.5 Å². The van der Waals surface area contributed by atoms with Crippen molar-refractivity contribution in [3.05, 3.63) is 179 Å². The molecule has 0 aliphatic carbocycles. The van der Waals surface area contributed by atoms with Gasteiger partial charge in [0.15, 0.2) is 0 Å². The molecular formula is C56H60N2. The van der Waals surface area contributed by atoms with E-state index in [1.165, 1.54) is 129 Å². The minimum Gasteiger partial charge on any atom is -0.356 e. The summed E-state index contributed by atoms with van der Waals surface area (Å²) in [6.45, 7) is 13.4. The molecule has 0 heterocycles. The zero-order chi connectivity index (χ0) is 40.4. The summed E-state index contributed by atoms with van der Waals surface area (Å²) < 4.78 is 0. The molecule has 0 spiro atoms. The van der Waals surface area contributed by atoms with Crippen LogP contribution >= 0.6 is 0 Å². The van der Waals surface area contributed by atoms with Crippen LogP contribution in [0.5, 0.6) is 0 Å². The SMILES string of the molecule is CCCCCc1ccc(-c2ccc(Nc3ccc(-c4cc(C)c(-c5ccc(Nc6ccc(-c7ccc(CCCCC)cc7)cc6)cc5C)cc4C)c(C)c3)cc2)cc1. The summed E-state index contributed by atoms with van der Waals surface area (Å²) in [6, 6.07) is 53.9. The molecule has 58 heavy (non-hydrogen) atoms. The molecule has 0 radical (unpaired) electrons. The van der Waals surface area contributed by atoms with Gasteiger partial charge in [0.25, 0.3) is 0 Å². The van der Waals surface area contributed by atoms with Crippen molar-refractivity contribution < 1.29 is 0 Å². The zero-order valence-corrected chi connectivity index (χ0v) is 35.5. The first kappa shape index (κ1) is 40.3. The normalized spacial score (nSPS) is 11.1. The lowest BCUT2D eigenvalue weighted by Gasteiger charge is -2.18. The van der Waals surface area contributed by atoms with Crippen LogP contribution in [0, 0.1) is 27.7 Å². The van der Waals surface area contributed by atoms with E-state index in [-0.39, 0.29) is 0 Å². The Morgan fingerprint density at radius 1 is 0.310 bits per heavy atom. The van der Waals surface area contributed by atoms with Gasteiger partial charge in [-0.3, -0.25) is 0 Å². The maximum absolute atomic E-state index is 3.63. The van der Waals surface area contributed by atoms with Crippen molar-refractivity contribution in [1.82, 2.24) is 0 Å². The summed E-state index contributed by atoms with van der Waals surface area (Å²) in [4.78, 5) is 0. The molecule has 2 N–H and O–H groups in total. The second-order valence-corrected chi connectivity index (χ2v) is 16.3. The van der Waals surface area contributed by atoms with E-state index in [4.69, 9.17) is 0 Å². The van der Waals surface area contributed by atoms with Gasteiger partial charge in [0.05, 0.1) is 0 Å². The lowest BCUT2D eigenvalue weighted by molar-refractivity contribution is 0.717. The second kappa shape index (κ2) is 19.1. The van der Waals surface area contributed by atoms with Crippen molar-refractivity contribution in [3.8, 4) is 44.5 Å². The molecule has 7 aromatic carbocycles. The van der Waals surface area contributed by atoms with Gasteiger partial charge in [0.1, 0.15) is 0 Å². The highest BCUT2D eigenvalue weighted by atomic mass is 14.9. The van der Waals surface area contributed by atoms with Crippen molar-refractivity contribution in [3.63, 3.8) is 0 Å². The molecule has 0 atom stereocenters. The Morgan fingerprint density at radius 3 is 0.948 bits per heavy atom. The molecule has 0 aliphatic heterocycles. The van der Waals surface area contributed by atoms with E-state index in [1.807, 2.05) is 0 Å². The summed E-state index contributed by atoms with van der Waals surface area (Å²) in [5.74, 6) is 0. The maximum Gasteiger partial charge on any atom is 0.0387 e. The van der Waals surface area contributed by atoms with Crippen LogP contribution in [0.1, 0.15) is 85.8 Å². The molecule has 2 heteroatoms. The third-order valence-electron chi connectivity index (χ3n) is 11.7. The fraction of sp³-hybridized carbons (Fsp3) is 0.250. The molecule has 0 amide bonds. The summed E-state index contributed by atoms with van der Waals surface area (Å²) >= 11 is 0. The fourth-order valence-electron chi connectivity index (χ4n) is 8.20. The number of aryl methyl sites for hydroxylation is 6. The minimum atomic E-state index is 1.09. The van der Waals surface area contributed by atoms with Gasteiger partial charge < -0.3 is 10.6 Å². The van der Waals surface area contributed by atoms with Crippen LogP contribution in [-0.4, -0.2) is 0 Å². The van der Waals surface area contributed by atoms with Gasteiger partial charge in [-0.1, -0.05) is 137 Å². The second-order valence-electron chi connectivity index (χ2n) is 16.3. The molecule has 0 bridgehead atoms. The first-order valence-electron chi connectivity index (χ1n) is 21.5. The van der Waals surface area contributed by atoms with Gasteiger partial charge in [-0.25, -0.2) is 0 Å². The molecule has 7 aromatic rings. The fourth-order valence-corrected chi connectivity index (χ4v) is 8.20. The summed E-state index contributed by atoms with van der Waals surface area (Å²) in [5, 5.41) is 7.27. The topological polar surface area (TPSA) is 24.1 Å². The molecule has 0 unspecified atom stereocenters. The van der Waals surface area contributed by atoms with E-state index in [0.29, 0.717) is 0 Å². The van der Waals surface area contributed by atoms with Crippen LogP contribution in [0.4, 0.5) is 22.7 Å². The lowest BCUT2D eigenvalue weighted by atomic mass is 9.89. The zero-order valence-electron chi connectivity index (χ0n) is 35.5. The minimum absolute atomic E-state index is 1.09. The van der Waals surface area contributed by atoms with Crippen LogP contribution in [0.2, 0.25) is 0 Å². The Labute approximate surface area is 348 Å². The predicted molar refractivity (Wildman–Crippen MR) is 253 cm³/mol. The number of rotatable bonds is 16. The van der Waals surface area contributed by atoms with Gasteiger partial charge in [-0.05, 0) is 180 Å². The summed E-state index contributed by atoms with van der Waals surface area (Å²) in [7, 11) is 0. The highest BCUT2D eigenvalue weighted by Gasteiger charge is 2.13. The lowest BCUT2D eigenvalue weighted by Crippen LogP contribution is -1.96. The molecule has 2 nitrogen and oxygen atoms in total. The van der Waals surface area contributed by atoms with E-state index in [0.717, 1.165) is 22.7 Å². The van der Waals surface area contributed by atoms with Crippen LogP contribution in [0.15, 0.2) is 146 Å². The number of hydrogen-bond donors (Lipinski definition) is 2. The average Bonchev–Trinajstić information content (AvgIpc) is 3.23. The quantitative estimate of drug-likeness (QED) is 0.0959. The standard InChI is InChI=1S/C56H60N2/c1-7-9-11-13-43-15-19-45(20-16-43)47-23-27-49(28-24-47)57-51-31-33-53(39(3)35-51)55-37-42(6)56(38-41(55)5)54-34-32-52(36-40(54)4)58-50-29-25-48(26-30-50)46-21-17-44(18-22-46)14-12-10-8-2/h15-38,57-58H,7-14H2,1-6H3. The van der Waals surface area contributed by atoms with Crippen LogP contribution < -0.4 is 10.6 Å². The van der Waals surface area contributed by atoms with Gasteiger partial charge in [0.2, 0.25) is 0 Å². The Bertz CT molecular complexity index is 2240. The Hall–Kier alpha value is -5.86. The van der Waals surface area contributed by atoms with Crippen molar-refractivity contribution in [2.24, 2.45) is 0 Å². The number of anilines is 4. The number of benzene rings is 7. The van der Waals surface area contributed by atoms with E-state index in [1.54, 1.807) is 0 Å². The van der Waals surface area contributed by atoms with Crippen LogP contribution in [0.3, 0.4) is 0 Å². The maximum atomic E-state index is 3.63. The first-order valence-corrected chi connectivity index (χ1v) is 21.5. The smallest absolute Gasteiger partial charge is 0.0387 e. The third-order valence-corrected chi connectivity index (χ3v) is 11.7. The number of nitrogens with one attached hydrogen (secondary N) is 2. The highest BCUT2D eigenvalue weighted by molar-refractivity contribution is 5.81. The van der Waals surface area contributed by atoms with Gasteiger partial charge >= 0.3 is 0 Å². The summed E-state index contributed by atoms with van der Waals surface area (Å²) in [6.07, 6.45) is 9.98. The monoisotopic (exact) mass is 760 g/mol. The van der Waals surface area contributed by atoms with E-state index in [9.17, 15) is 0 Å². The molecule has 0 fully saturated rings. The molecule has 0 aromatic heterocycles. The summed E-state index contributed by atoms with van der Waals surface area (Å²) in [5.41, 5.74) is 22.4. The molecular weight excluding hydrogens is 701 g/mol. The van der Waals surface area contributed by atoms with E-state index < -0.39 is 0 Å². The van der Waals surface area contributed by atoms with Gasteiger partial charge in [0, 0.05) is 22.7 Å². The molecule has 0 saturated carbocycles. The third kappa shape index (κ3) is 9.98. The van der Waals surface area contributed by atoms with Crippen LogP contribution in [-0.2, 0) is 12.8 Å². The van der Waals surface area contributed by atoms with Gasteiger partial charge in [-0.15, -0.1) is 0 Å². The van der Waals surface area contributed by atoms with Crippen molar-refractivity contribution >= 4 is 22.7 Å². The van der Waals surface area contributed by atoms with E-state index in [2.05, 4.69) is 198 Å². The Balaban J connectivity index is 0.986. The largest absolute Gasteiger partial charge is 0.356 e. The number of hydrogen-bond acceptors (Lipinski definition) is 2. The molecule has 0 saturated heterocycles. The van der Waals surface area contributed by atoms with Gasteiger partial charge in [-0.2, -0.15) is 0 Å². The first-order chi connectivity index (χ1) is 28.3. The van der Waals surface area contributed by atoms with Crippen molar-refractivity contribution in [2.75, 3.05) is 10.6 Å². The molecule has 0 aliphatic rings. The van der Waals surface area contributed by atoms with Crippen molar-refractivity contribution in [1.29, 1.82) is 0 Å². The Morgan fingerprint density at radius 2 is 0.621 bits per heavy atom. The van der Waals surface area contributed by atoms with Crippen molar-refractivity contribution in [2.45, 2.75) is 92.9 Å².